The van der Waals surface area contributed by atoms with Crippen LogP contribution in [-0.4, -0.2) is 92.6 Å². The van der Waals surface area contributed by atoms with Gasteiger partial charge in [-0.3, -0.25) is 14.7 Å². The van der Waals surface area contributed by atoms with Gasteiger partial charge in [-0.05, 0) is 31.2 Å². The van der Waals surface area contributed by atoms with E-state index in [0.29, 0.717) is 11.6 Å². The topological polar surface area (TPSA) is 60.4 Å². The van der Waals surface area contributed by atoms with E-state index < -0.39 is 0 Å². The summed E-state index contributed by atoms with van der Waals surface area (Å²) in [6, 6.07) is 7.38. The molecule has 0 atom stereocenters. The van der Waals surface area contributed by atoms with Crippen LogP contribution in [0.2, 0.25) is 5.02 Å². The number of guanidine groups is 1. The Bertz CT molecular complexity index is 636. The van der Waals surface area contributed by atoms with Crippen molar-refractivity contribution >= 4 is 47.4 Å². The zero-order chi connectivity index (χ0) is 20.4. The van der Waals surface area contributed by atoms with Crippen LogP contribution >= 0.6 is 35.6 Å². The molecule has 1 saturated heterocycles. The molecular formula is C20H33ClIN5O2. The van der Waals surface area contributed by atoms with Gasteiger partial charge in [0.05, 0.1) is 13.1 Å². The van der Waals surface area contributed by atoms with Crippen molar-refractivity contribution in [3.05, 3.63) is 29.3 Å². The minimum Gasteiger partial charge on any atom is -0.492 e. The molecule has 164 valence electrons. The van der Waals surface area contributed by atoms with Crippen LogP contribution in [0, 0.1) is 0 Å². The molecule has 29 heavy (non-hydrogen) atoms. The Labute approximate surface area is 196 Å². The molecule has 0 radical (unpaired) electrons. The Kier molecular flexibility index (Phi) is 12.3. The third kappa shape index (κ3) is 9.39. The van der Waals surface area contributed by atoms with Crippen molar-refractivity contribution in [3.8, 4) is 5.75 Å². The molecule has 1 N–H and O–H groups in total. The van der Waals surface area contributed by atoms with E-state index in [-0.39, 0.29) is 29.9 Å². The quantitative estimate of drug-likeness (QED) is 0.314. The smallest absolute Gasteiger partial charge is 0.219 e. The lowest BCUT2D eigenvalue weighted by Crippen LogP contribution is -2.48. The first kappa shape index (κ1) is 25.8. The monoisotopic (exact) mass is 537 g/mol. The summed E-state index contributed by atoms with van der Waals surface area (Å²) in [6.45, 7) is 10.9. The first-order valence-electron chi connectivity index (χ1n) is 9.85. The minimum absolute atomic E-state index is 0. The molecule has 1 aliphatic rings. The standard InChI is InChI=1S/C20H32ClN5O2.HI/c1-4-22-20(23-9-10-25-11-13-26(14-12-25)17(2)27)24(3)15-16-28-19-7-5-18(21)6-8-19;/h5-8H,4,9-16H2,1-3H3,(H,22,23);1H. The molecule has 9 heteroatoms. The Morgan fingerprint density at radius 1 is 1.24 bits per heavy atom. The van der Waals surface area contributed by atoms with E-state index in [4.69, 9.17) is 21.3 Å². The number of halogens is 2. The summed E-state index contributed by atoms with van der Waals surface area (Å²) in [5.74, 6) is 1.85. The largest absolute Gasteiger partial charge is 0.492 e. The molecule has 0 saturated carbocycles. The lowest BCUT2D eigenvalue weighted by Gasteiger charge is -2.33. The molecule has 0 aliphatic carbocycles. The minimum atomic E-state index is 0. The molecule has 2 rings (SSSR count). The van der Waals surface area contributed by atoms with Crippen LogP contribution in [0.25, 0.3) is 0 Å². The Hall–Kier alpha value is -1.26. The van der Waals surface area contributed by atoms with Crippen molar-refractivity contribution in [1.29, 1.82) is 0 Å². The fourth-order valence-corrected chi connectivity index (χ4v) is 3.12. The highest BCUT2D eigenvalue weighted by Crippen LogP contribution is 2.15. The first-order valence-corrected chi connectivity index (χ1v) is 10.2. The van der Waals surface area contributed by atoms with Gasteiger partial charge in [0, 0.05) is 58.3 Å². The number of aliphatic imine (C=N–C) groups is 1. The number of amides is 1. The highest BCUT2D eigenvalue weighted by atomic mass is 127. The number of hydrogen-bond acceptors (Lipinski definition) is 4. The number of piperazine rings is 1. The normalized spacial score (nSPS) is 14.9. The number of hydrogen-bond donors (Lipinski definition) is 1. The van der Waals surface area contributed by atoms with Crippen molar-refractivity contribution in [1.82, 2.24) is 20.0 Å². The van der Waals surface area contributed by atoms with Gasteiger partial charge in [0.15, 0.2) is 5.96 Å². The van der Waals surface area contributed by atoms with E-state index in [1.54, 1.807) is 6.92 Å². The average Bonchev–Trinajstić information content (AvgIpc) is 2.69. The molecule has 1 heterocycles. The maximum absolute atomic E-state index is 11.4. The molecule has 1 aliphatic heterocycles. The van der Waals surface area contributed by atoms with Gasteiger partial charge in [0.25, 0.3) is 0 Å². The van der Waals surface area contributed by atoms with Crippen LogP contribution in [0.3, 0.4) is 0 Å². The van der Waals surface area contributed by atoms with E-state index in [9.17, 15) is 4.79 Å². The second-order valence-corrected chi connectivity index (χ2v) is 7.24. The number of likely N-dealkylation sites (N-methyl/N-ethyl adjacent to an activating group) is 1. The fourth-order valence-electron chi connectivity index (χ4n) is 2.99. The van der Waals surface area contributed by atoms with Gasteiger partial charge in [-0.2, -0.15) is 0 Å². The molecule has 7 nitrogen and oxygen atoms in total. The van der Waals surface area contributed by atoms with E-state index in [1.807, 2.05) is 36.2 Å². The van der Waals surface area contributed by atoms with Crippen molar-refractivity contribution in [3.63, 3.8) is 0 Å². The lowest BCUT2D eigenvalue weighted by molar-refractivity contribution is -0.130. The summed E-state index contributed by atoms with van der Waals surface area (Å²) in [5, 5.41) is 4.03. The summed E-state index contributed by atoms with van der Waals surface area (Å²) < 4.78 is 5.77. The van der Waals surface area contributed by atoms with Crippen LogP contribution in [0.1, 0.15) is 13.8 Å². The highest BCUT2D eigenvalue weighted by Gasteiger charge is 2.18. The van der Waals surface area contributed by atoms with Crippen LogP contribution in [-0.2, 0) is 4.79 Å². The van der Waals surface area contributed by atoms with Crippen molar-refractivity contribution in [2.75, 3.05) is 66.0 Å². The molecule has 0 unspecified atom stereocenters. The predicted octanol–water partition coefficient (Wildman–Crippen LogP) is 2.40. The van der Waals surface area contributed by atoms with Gasteiger partial charge < -0.3 is 19.9 Å². The highest BCUT2D eigenvalue weighted by molar-refractivity contribution is 14.0. The van der Waals surface area contributed by atoms with Gasteiger partial charge in [-0.25, -0.2) is 0 Å². The summed E-state index contributed by atoms with van der Waals surface area (Å²) in [6.07, 6.45) is 0. The second kappa shape index (κ2) is 13.9. The van der Waals surface area contributed by atoms with Crippen molar-refractivity contribution in [2.24, 2.45) is 4.99 Å². The van der Waals surface area contributed by atoms with Gasteiger partial charge in [0.2, 0.25) is 5.91 Å². The third-order valence-corrected chi connectivity index (χ3v) is 4.95. The zero-order valence-electron chi connectivity index (χ0n) is 17.6. The molecule has 0 bridgehead atoms. The number of ether oxygens (including phenoxy) is 1. The summed E-state index contributed by atoms with van der Waals surface area (Å²) in [5.41, 5.74) is 0. The number of carbonyl (C=O) groups is 1. The van der Waals surface area contributed by atoms with Gasteiger partial charge in [-0.1, -0.05) is 11.6 Å². The molecule has 0 aromatic heterocycles. The predicted molar refractivity (Wildman–Crippen MR) is 130 cm³/mol. The number of rotatable bonds is 8. The first-order chi connectivity index (χ1) is 13.5. The molecule has 1 fully saturated rings. The summed E-state index contributed by atoms with van der Waals surface area (Å²) in [4.78, 5) is 22.5. The van der Waals surface area contributed by atoms with E-state index in [1.165, 1.54) is 0 Å². The summed E-state index contributed by atoms with van der Waals surface area (Å²) in [7, 11) is 2.01. The van der Waals surface area contributed by atoms with E-state index in [0.717, 1.165) is 64.1 Å². The van der Waals surface area contributed by atoms with Crippen molar-refractivity contribution in [2.45, 2.75) is 13.8 Å². The molecule has 1 aromatic carbocycles. The van der Waals surface area contributed by atoms with E-state index >= 15 is 0 Å². The Morgan fingerprint density at radius 3 is 2.48 bits per heavy atom. The maximum atomic E-state index is 11.4. The van der Waals surface area contributed by atoms with Crippen molar-refractivity contribution < 1.29 is 9.53 Å². The van der Waals surface area contributed by atoms with Gasteiger partial charge in [0.1, 0.15) is 12.4 Å². The summed E-state index contributed by atoms with van der Waals surface area (Å²) >= 11 is 5.89. The second-order valence-electron chi connectivity index (χ2n) is 6.81. The average molecular weight is 538 g/mol. The van der Waals surface area contributed by atoms with Crippen LogP contribution in [0.15, 0.2) is 29.3 Å². The molecular weight excluding hydrogens is 505 g/mol. The SMILES string of the molecule is CCNC(=NCCN1CCN(C(C)=O)CC1)N(C)CCOc1ccc(Cl)cc1.I. The number of benzene rings is 1. The third-order valence-electron chi connectivity index (χ3n) is 4.70. The Morgan fingerprint density at radius 2 is 1.90 bits per heavy atom. The van der Waals surface area contributed by atoms with Crippen LogP contribution < -0.4 is 10.1 Å². The zero-order valence-corrected chi connectivity index (χ0v) is 20.7. The molecule has 0 spiro atoms. The number of nitrogens with zero attached hydrogens (tertiary/aromatic N) is 4. The van der Waals surface area contributed by atoms with Crippen LogP contribution in [0.5, 0.6) is 5.75 Å². The van der Waals surface area contributed by atoms with Crippen LogP contribution in [0.4, 0.5) is 0 Å². The molecule has 1 aromatic rings. The maximum Gasteiger partial charge on any atom is 0.219 e. The van der Waals surface area contributed by atoms with Gasteiger partial charge >= 0.3 is 0 Å². The van der Waals surface area contributed by atoms with E-state index in [2.05, 4.69) is 22.0 Å². The Balaban J connectivity index is 0.00000420. The lowest BCUT2D eigenvalue weighted by atomic mass is 10.3. The number of nitrogens with one attached hydrogen (secondary N) is 1. The van der Waals surface area contributed by atoms with Gasteiger partial charge in [-0.15, -0.1) is 24.0 Å². The molecule has 1 amide bonds. The number of carbonyl (C=O) groups excluding carboxylic acids is 1. The fraction of sp³-hybridized carbons (Fsp3) is 0.600.